The van der Waals surface area contributed by atoms with Crippen molar-refractivity contribution < 1.29 is 0 Å². The second kappa shape index (κ2) is 6.97. The summed E-state index contributed by atoms with van der Waals surface area (Å²) in [6, 6.07) is 17.9. The molecule has 0 saturated heterocycles. The van der Waals surface area contributed by atoms with E-state index >= 15 is 0 Å². The second-order valence-corrected chi connectivity index (χ2v) is 5.87. The third-order valence-electron chi connectivity index (χ3n) is 3.56. The minimum atomic E-state index is 0.262. The molecule has 0 aliphatic heterocycles. The highest BCUT2D eigenvalue weighted by molar-refractivity contribution is 5.90. The van der Waals surface area contributed by atoms with Crippen molar-refractivity contribution >= 4 is 22.7 Å². The molecular weight excluding hydrogens is 298 g/mol. The molecule has 3 rings (SSSR count). The van der Waals surface area contributed by atoms with Crippen LogP contribution in [0.25, 0.3) is 10.9 Å². The lowest BCUT2D eigenvalue weighted by Gasteiger charge is -2.13. The molecule has 0 atom stereocenters. The van der Waals surface area contributed by atoms with E-state index in [9.17, 15) is 0 Å². The topological polar surface area (TPSA) is 73.6 Å². The standard InChI is InChI=1S/C19H19N5/c1-13(2)22-19-23-17-6-4-3-5-16(17)18(24-19)21-12-15-9-7-14(11-20)8-10-15/h3-10,13H,12H2,1-2H3,(H2,21,22,23,24). The minimum Gasteiger partial charge on any atom is -0.365 e. The molecule has 0 unspecified atom stereocenters. The molecule has 0 bridgehead atoms. The summed E-state index contributed by atoms with van der Waals surface area (Å²) in [5.74, 6) is 1.42. The summed E-state index contributed by atoms with van der Waals surface area (Å²) in [5, 5.41) is 16.5. The fourth-order valence-corrected chi connectivity index (χ4v) is 2.42. The molecule has 0 radical (unpaired) electrons. The Hall–Kier alpha value is -3.13. The summed E-state index contributed by atoms with van der Waals surface area (Å²) in [6.07, 6.45) is 0. The first kappa shape index (κ1) is 15.8. The van der Waals surface area contributed by atoms with Gasteiger partial charge in [-0.1, -0.05) is 24.3 Å². The van der Waals surface area contributed by atoms with E-state index in [1.807, 2.05) is 48.5 Å². The van der Waals surface area contributed by atoms with Crippen molar-refractivity contribution in [3.05, 3.63) is 59.7 Å². The highest BCUT2D eigenvalue weighted by Crippen LogP contribution is 2.22. The molecule has 24 heavy (non-hydrogen) atoms. The first-order valence-electron chi connectivity index (χ1n) is 7.92. The summed E-state index contributed by atoms with van der Waals surface area (Å²) in [4.78, 5) is 9.16. The van der Waals surface area contributed by atoms with Crippen LogP contribution in [0.5, 0.6) is 0 Å². The summed E-state index contributed by atoms with van der Waals surface area (Å²) in [5.41, 5.74) is 2.66. The normalized spacial score (nSPS) is 10.6. The van der Waals surface area contributed by atoms with E-state index in [1.54, 1.807) is 0 Å². The number of hydrogen-bond acceptors (Lipinski definition) is 5. The van der Waals surface area contributed by atoms with Crippen LogP contribution in [0.15, 0.2) is 48.5 Å². The van der Waals surface area contributed by atoms with Gasteiger partial charge in [0.25, 0.3) is 0 Å². The van der Waals surface area contributed by atoms with Crippen LogP contribution in [0, 0.1) is 11.3 Å². The third kappa shape index (κ3) is 3.61. The van der Waals surface area contributed by atoms with Gasteiger partial charge in [-0.3, -0.25) is 0 Å². The first-order valence-corrected chi connectivity index (χ1v) is 7.92. The van der Waals surface area contributed by atoms with E-state index in [0.29, 0.717) is 18.1 Å². The Labute approximate surface area is 141 Å². The summed E-state index contributed by atoms with van der Waals surface area (Å²) in [6.45, 7) is 4.75. The predicted molar refractivity (Wildman–Crippen MR) is 96.8 cm³/mol. The number of hydrogen-bond donors (Lipinski definition) is 2. The van der Waals surface area contributed by atoms with Crippen molar-refractivity contribution in [3.8, 4) is 6.07 Å². The number of para-hydroxylation sites is 1. The van der Waals surface area contributed by atoms with Crippen LogP contribution in [0.3, 0.4) is 0 Å². The van der Waals surface area contributed by atoms with Gasteiger partial charge in [-0.2, -0.15) is 10.2 Å². The van der Waals surface area contributed by atoms with Crippen LogP contribution in [-0.2, 0) is 6.54 Å². The van der Waals surface area contributed by atoms with Crippen LogP contribution in [-0.4, -0.2) is 16.0 Å². The third-order valence-corrected chi connectivity index (χ3v) is 3.56. The van der Waals surface area contributed by atoms with Crippen LogP contribution < -0.4 is 10.6 Å². The molecule has 2 aromatic carbocycles. The average Bonchev–Trinajstić information content (AvgIpc) is 2.59. The van der Waals surface area contributed by atoms with Gasteiger partial charge in [0.2, 0.25) is 5.95 Å². The van der Waals surface area contributed by atoms with Gasteiger partial charge in [0.15, 0.2) is 0 Å². The van der Waals surface area contributed by atoms with Crippen LogP contribution in [0.1, 0.15) is 25.0 Å². The predicted octanol–water partition coefficient (Wildman–Crippen LogP) is 3.93. The SMILES string of the molecule is CC(C)Nc1nc(NCc2ccc(C#N)cc2)c2ccccc2n1. The highest BCUT2D eigenvalue weighted by atomic mass is 15.1. The summed E-state index contributed by atoms with van der Waals surface area (Å²) >= 11 is 0. The number of benzene rings is 2. The lowest BCUT2D eigenvalue weighted by atomic mass is 10.1. The number of nitrogens with zero attached hydrogens (tertiary/aromatic N) is 3. The van der Waals surface area contributed by atoms with Crippen molar-refractivity contribution in [2.24, 2.45) is 0 Å². The maximum absolute atomic E-state index is 8.87. The summed E-state index contributed by atoms with van der Waals surface area (Å²) in [7, 11) is 0. The largest absolute Gasteiger partial charge is 0.365 e. The number of anilines is 2. The molecule has 2 N–H and O–H groups in total. The van der Waals surface area contributed by atoms with Crippen LogP contribution in [0.2, 0.25) is 0 Å². The van der Waals surface area contributed by atoms with Gasteiger partial charge in [0, 0.05) is 18.0 Å². The van der Waals surface area contributed by atoms with E-state index in [4.69, 9.17) is 5.26 Å². The Balaban J connectivity index is 1.87. The first-order chi connectivity index (χ1) is 11.7. The number of nitriles is 1. The van der Waals surface area contributed by atoms with Gasteiger partial charge in [-0.15, -0.1) is 0 Å². The van der Waals surface area contributed by atoms with E-state index in [1.165, 1.54) is 0 Å². The molecule has 0 aliphatic rings. The van der Waals surface area contributed by atoms with Gasteiger partial charge in [0.1, 0.15) is 5.82 Å². The van der Waals surface area contributed by atoms with Crippen LogP contribution >= 0.6 is 0 Å². The fourth-order valence-electron chi connectivity index (χ4n) is 2.42. The maximum atomic E-state index is 8.87. The van der Waals surface area contributed by atoms with E-state index in [2.05, 4.69) is 40.5 Å². The molecule has 0 spiro atoms. The van der Waals surface area contributed by atoms with E-state index in [0.717, 1.165) is 22.3 Å². The Bertz CT molecular complexity index is 878. The van der Waals surface area contributed by atoms with Crippen molar-refractivity contribution in [2.75, 3.05) is 10.6 Å². The zero-order chi connectivity index (χ0) is 16.9. The molecule has 0 aliphatic carbocycles. The number of aromatic nitrogens is 2. The van der Waals surface area contributed by atoms with Crippen molar-refractivity contribution in [1.82, 2.24) is 9.97 Å². The highest BCUT2D eigenvalue weighted by Gasteiger charge is 2.08. The minimum absolute atomic E-state index is 0.262. The molecule has 0 saturated carbocycles. The monoisotopic (exact) mass is 317 g/mol. The second-order valence-electron chi connectivity index (χ2n) is 5.87. The van der Waals surface area contributed by atoms with Crippen molar-refractivity contribution in [1.29, 1.82) is 5.26 Å². The molecule has 5 heteroatoms. The zero-order valence-electron chi connectivity index (χ0n) is 13.7. The van der Waals surface area contributed by atoms with Gasteiger partial charge in [-0.25, -0.2) is 4.98 Å². The Morgan fingerprint density at radius 2 is 1.79 bits per heavy atom. The average molecular weight is 317 g/mol. The Morgan fingerprint density at radius 1 is 1.04 bits per heavy atom. The molecule has 0 fully saturated rings. The smallest absolute Gasteiger partial charge is 0.225 e. The molecule has 5 nitrogen and oxygen atoms in total. The van der Waals surface area contributed by atoms with Gasteiger partial charge >= 0.3 is 0 Å². The lowest BCUT2D eigenvalue weighted by molar-refractivity contribution is 0.877. The maximum Gasteiger partial charge on any atom is 0.225 e. The van der Waals surface area contributed by atoms with Crippen LogP contribution in [0.4, 0.5) is 11.8 Å². The van der Waals surface area contributed by atoms with Crippen molar-refractivity contribution in [2.45, 2.75) is 26.4 Å². The number of nitrogens with one attached hydrogen (secondary N) is 2. The molecule has 3 aromatic rings. The number of fused-ring (bicyclic) bond motifs is 1. The molecule has 0 amide bonds. The van der Waals surface area contributed by atoms with E-state index < -0.39 is 0 Å². The Morgan fingerprint density at radius 3 is 2.50 bits per heavy atom. The molecule has 1 heterocycles. The van der Waals surface area contributed by atoms with E-state index in [-0.39, 0.29) is 6.04 Å². The zero-order valence-corrected chi connectivity index (χ0v) is 13.7. The molecule has 1 aromatic heterocycles. The van der Waals surface area contributed by atoms with Gasteiger partial charge in [-0.05, 0) is 43.7 Å². The molecule has 120 valence electrons. The molecular formula is C19H19N5. The summed E-state index contributed by atoms with van der Waals surface area (Å²) < 4.78 is 0. The lowest BCUT2D eigenvalue weighted by Crippen LogP contribution is -2.14. The van der Waals surface area contributed by atoms with Gasteiger partial charge < -0.3 is 10.6 Å². The fraction of sp³-hybridized carbons (Fsp3) is 0.211. The number of rotatable bonds is 5. The quantitative estimate of drug-likeness (QED) is 0.746. The van der Waals surface area contributed by atoms with Crippen molar-refractivity contribution in [3.63, 3.8) is 0 Å². The van der Waals surface area contributed by atoms with Gasteiger partial charge in [0.05, 0.1) is 17.1 Å². The Kier molecular flexibility index (Phi) is 4.57.